The van der Waals surface area contributed by atoms with Crippen LogP contribution >= 0.6 is 29.8 Å². The zero-order valence-corrected chi connectivity index (χ0v) is 16.4. The van der Waals surface area contributed by atoms with Gasteiger partial charge in [0.15, 0.2) is 0 Å². The minimum Gasteiger partial charge on any atom is -0.305 e. The Hall–Kier alpha value is -0.710. The molecule has 0 atom stereocenters. The fourth-order valence-electron chi connectivity index (χ4n) is 2.57. The first-order valence-corrected chi connectivity index (χ1v) is 10.8. The standard InChI is InChI=1S/C18H24Cl2N2S/c1-21(2)13-15-9-5-7-11-17(15)23(19,20)18-12-8-6-10-16(18)14-22(3)4/h5-12H,13-14H2,1-4H3. The van der Waals surface area contributed by atoms with Crippen molar-refractivity contribution in [3.05, 3.63) is 59.7 Å². The molecule has 23 heavy (non-hydrogen) atoms. The molecule has 0 aliphatic rings. The van der Waals surface area contributed by atoms with E-state index in [9.17, 15) is 0 Å². The quantitative estimate of drug-likeness (QED) is 0.676. The molecule has 2 rings (SSSR count). The average molecular weight is 371 g/mol. The van der Waals surface area contributed by atoms with Gasteiger partial charge in [-0.3, -0.25) is 0 Å². The van der Waals surface area contributed by atoms with Gasteiger partial charge in [0.2, 0.25) is 0 Å². The number of nitrogens with zero attached hydrogens (tertiary/aromatic N) is 2. The Morgan fingerprint density at radius 1 is 0.696 bits per heavy atom. The SMILES string of the molecule is CN(C)Cc1ccccc1S(Cl)(Cl)c1ccccc1CN(C)C. The van der Waals surface area contributed by atoms with Gasteiger partial charge in [-0.05, 0) is 81.3 Å². The Morgan fingerprint density at radius 2 is 1.04 bits per heavy atom. The molecule has 126 valence electrons. The van der Waals surface area contributed by atoms with Crippen molar-refractivity contribution in [3.8, 4) is 0 Å². The second-order valence-electron chi connectivity index (χ2n) is 6.16. The van der Waals surface area contributed by atoms with E-state index in [4.69, 9.17) is 21.4 Å². The van der Waals surface area contributed by atoms with Crippen LogP contribution in [0.4, 0.5) is 0 Å². The monoisotopic (exact) mass is 370 g/mol. The van der Waals surface area contributed by atoms with E-state index in [0.29, 0.717) is 0 Å². The molecule has 0 heterocycles. The van der Waals surface area contributed by atoms with Crippen LogP contribution < -0.4 is 0 Å². The van der Waals surface area contributed by atoms with Crippen LogP contribution in [0.1, 0.15) is 11.1 Å². The highest BCUT2D eigenvalue weighted by atomic mass is 36.0. The predicted molar refractivity (Wildman–Crippen MR) is 103 cm³/mol. The van der Waals surface area contributed by atoms with Gasteiger partial charge in [0, 0.05) is 22.9 Å². The third-order valence-electron chi connectivity index (χ3n) is 3.47. The summed E-state index contributed by atoms with van der Waals surface area (Å²) in [4.78, 5) is 6.33. The maximum Gasteiger partial charge on any atom is 0.0257 e. The molecular weight excluding hydrogens is 347 g/mol. The van der Waals surface area contributed by atoms with Crippen LogP contribution in [0.25, 0.3) is 0 Å². The Kier molecular flexibility index (Phi) is 6.40. The smallest absolute Gasteiger partial charge is 0.0257 e. The van der Waals surface area contributed by atoms with Gasteiger partial charge in [0.25, 0.3) is 0 Å². The molecule has 0 fully saturated rings. The van der Waals surface area contributed by atoms with Crippen LogP contribution in [0.5, 0.6) is 0 Å². The minimum absolute atomic E-state index is 0.820. The summed E-state index contributed by atoms with van der Waals surface area (Å²) < 4.78 is 0. The Balaban J connectivity index is 2.51. The van der Waals surface area contributed by atoms with E-state index >= 15 is 0 Å². The van der Waals surface area contributed by atoms with E-state index in [0.717, 1.165) is 22.9 Å². The molecule has 2 aromatic carbocycles. The van der Waals surface area contributed by atoms with Crippen molar-refractivity contribution >= 4 is 29.8 Å². The topological polar surface area (TPSA) is 6.48 Å². The molecule has 2 aromatic rings. The predicted octanol–water partition coefficient (Wildman–Crippen LogP) is 5.34. The van der Waals surface area contributed by atoms with E-state index in [1.807, 2.05) is 24.3 Å². The van der Waals surface area contributed by atoms with Crippen molar-refractivity contribution in [2.45, 2.75) is 22.9 Å². The third-order valence-corrected chi connectivity index (χ3v) is 7.37. The largest absolute Gasteiger partial charge is 0.305 e. The molecule has 0 spiro atoms. The second-order valence-corrected chi connectivity index (χ2v) is 11.2. The molecule has 0 radical (unpaired) electrons. The average Bonchev–Trinajstić information content (AvgIpc) is 2.46. The first kappa shape index (κ1) is 18.6. The van der Waals surface area contributed by atoms with Gasteiger partial charge in [-0.15, -0.1) is 0 Å². The highest BCUT2D eigenvalue weighted by molar-refractivity contribution is 8.66. The lowest BCUT2D eigenvalue weighted by Gasteiger charge is -2.31. The van der Waals surface area contributed by atoms with Crippen molar-refractivity contribution in [1.82, 2.24) is 9.80 Å². The zero-order valence-electron chi connectivity index (χ0n) is 14.1. The molecule has 2 nitrogen and oxygen atoms in total. The lowest BCUT2D eigenvalue weighted by Crippen LogP contribution is -2.13. The summed E-state index contributed by atoms with van der Waals surface area (Å²) in [6.07, 6.45) is 0. The fraction of sp³-hybridized carbons (Fsp3) is 0.333. The van der Waals surface area contributed by atoms with Gasteiger partial charge in [-0.2, -0.15) is 0 Å². The molecule has 0 bridgehead atoms. The van der Waals surface area contributed by atoms with Crippen LogP contribution in [0.15, 0.2) is 58.3 Å². The van der Waals surface area contributed by atoms with Crippen LogP contribution in [0, 0.1) is 0 Å². The number of hydrogen-bond donors (Lipinski definition) is 0. The summed E-state index contributed by atoms with van der Waals surface area (Å²) in [5.41, 5.74) is 2.36. The number of benzene rings is 2. The van der Waals surface area contributed by atoms with E-state index in [-0.39, 0.29) is 0 Å². The number of halogens is 2. The highest BCUT2D eigenvalue weighted by Gasteiger charge is 2.28. The Labute approximate surface area is 150 Å². The maximum absolute atomic E-state index is 6.98. The highest BCUT2D eigenvalue weighted by Crippen LogP contribution is 2.72. The van der Waals surface area contributed by atoms with Crippen LogP contribution in [-0.2, 0) is 13.1 Å². The van der Waals surface area contributed by atoms with Gasteiger partial charge < -0.3 is 9.80 Å². The van der Waals surface area contributed by atoms with Crippen molar-refractivity contribution in [3.63, 3.8) is 0 Å². The lowest BCUT2D eigenvalue weighted by molar-refractivity contribution is 0.398. The number of rotatable bonds is 6. The number of hydrogen-bond acceptors (Lipinski definition) is 2. The summed E-state index contributed by atoms with van der Waals surface area (Å²) in [6.45, 7) is 1.64. The fourth-order valence-corrected chi connectivity index (χ4v) is 6.03. The summed E-state index contributed by atoms with van der Waals surface area (Å²) >= 11 is 0. The van der Waals surface area contributed by atoms with Crippen molar-refractivity contribution in [1.29, 1.82) is 0 Å². The molecule has 0 aliphatic carbocycles. The zero-order chi connectivity index (χ0) is 17.0. The first-order chi connectivity index (χ1) is 10.8. The van der Waals surface area contributed by atoms with E-state index in [1.54, 1.807) is 0 Å². The Bertz CT molecular complexity index is 601. The molecule has 0 N–H and O–H groups in total. The molecule has 0 aromatic heterocycles. The van der Waals surface area contributed by atoms with E-state index in [1.165, 1.54) is 11.1 Å². The maximum atomic E-state index is 6.98. The molecule has 0 amide bonds. The molecule has 5 heteroatoms. The summed E-state index contributed by atoms with van der Waals surface area (Å²) in [5, 5.41) is 0. The van der Waals surface area contributed by atoms with E-state index < -0.39 is 8.46 Å². The van der Waals surface area contributed by atoms with E-state index in [2.05, 4.69) is 62.3 Å². The summed E-state index contributed by atoms with van der Waals surface area (Å²) in [7, 11) is 20.1. The van der Waals surface area contributed by atoms with Crippen molar-refractivity contribution in [2.75, 3.05) is 28.2 Å². The van der Waals surface area contributed by atoms with Gasteiger partial charge in [-0.1, -0.05) is 36.4 Å². The van der Waals surface area contributed by atoms with Crippen LogP contribution in [0.3, 0.4) is 0 Å². The summed E-state index contributed by atoms with van der Waals surface area (Å²) in [6, 6.07) is 16.4. The van der Waals surface area contributed by atoms with Gasteiger partial charge in [-0.25, -0.2) is 0 Å². The van der Waals surface area contributed by atoms with Gasteiger partial charge >= 0.3 is 0 Å². The molecule has 0 saturated heterocycles. The minimum atomic E-state index is -2.10. The molecule has 0 aliphatic heterocycles. The molecule has 0 unspecified atom stereocenters. The van der Waals surface area contributed by atoms with Crippen LogP contribution in [0.2, 0.25) is 0 Å². The summed E-state index contributed by atoms with van der Waals surface area (Å²) in [5.74, 6) is 0. The van der Waals surface area contributed by atoms with Gasteiger partial charge in [0.05, 0.1) is 0 Å². The second kappa shape index (κ2) is 7.91. The Morgan fingerprint density at radius 3 is 1.39 bits per heavy atom. The normalized spacial score (nSPS) is 12.9. The van der Waals surface area contributed by atoms with Crippen LogP contribution in [-0.4, -0.2) is 38.0 Å². The first-order valence-electron chi connectivity index (χ1n) is 7.50. The van der Waals surface area contributed by atoms with Crippen molar-refractivity contribution < 1.29 is 0 Å². The third kappa shape index (κ3) is 4.65. The van der Waals surface area contributed by atoms with Gasteiger partial charge in [0.1, 0.15) is 0 Å². The lowest BCUT2D eigenvalue weighted by atomic mass is 10.2. The van der Waals surface area contributed by atoms with Crippen molar-refractivity contribution in [2.24, 2.45) is 0 Å². The molecular formula is C18H24Cl2N2S. The molecule has 0 saturated carbocycles.